The summed E-state index contributed by atoms with van der Waals surface area (Å²) >= 11 is 2.54. The molecule has 0 amide bonds. The number of alkyl halides is 1. The summed E-state index contributed by atoms with van der Waals surface area (Å²) in [5, 5.41) is 0. The zero-order chi connectivity index (χ0) is 10.8. The Hall–Kier alpha value is 0.160. The zero-order valence-electron chi connectivity index (χ0n) is 9.12. The Morgan fingerprint density at radius 3 is 2.47 bits per heavy atom. The van der Waals surface area contributed by atoms with E-state index in [1.807, 2.05) is 0 Å². The van der Waals surface area contributed by atoms with E-state index in [0.717, 1.165) is 16.8 Å². The van der Waals surface area contributed by atoms with Gasteiger partial charge in [0.25, 0.3) is 0 Å². The summed E-state index contributed by atoms with van der Waals surface area (Å²) in [7, 11) is 1.48. The number of carbonyl (C=O) groups excluding carboxylic acids is 1. The third kappa shape index (κ3) is 2.64. The fourth-order valence-electron chi connectivity index (χ4n) is 2.48. The highest BCUT2D eigenvalue weighted by atomic mass is 127. The molecule has 1 heterocycles. The number of nitrogens with zero attached hydrogens (tertiary/aromatic N) is 1. The number of hydrogen-bond donors (Lipinski definition) is 0. The minimum atomic E-state index is -0.0185. The van der Waals surface area contributed by atoms with Crippen LogP contribution in [0.3, 0.4) is 0 Å². The number of piperidine rings is 1. The minimum Gasteiger partial charge on any atom is -0.469 e. The van der Waals surface area contributed by atoms with E-state index in [4.69, 9.17) is 4.74 Å². The molecular weight excluding hydrogens is 305 g/mol. The number of esters is 1. The fraction of sp³-hybridized carbons (Fsp3) is 0.909. The number of hydrogen-bond acceptors (Lipinski definition) is 3. The van der Waals surface area contributed by atoms with Crippen LogP contribution in [0.25, 0.3) is 0 Å². The number of ether oxygens (including phenoxy) is 1. The van der Waals surface area contributed by atoms with Crippen molar-refractivity contribution >= 4 is 28.6 Å². The predicted octanol–water partition coefficient (Wildman–Crippen LogP) is 1.84. The van der Waals surface area contributed by atoms with Gasteiger partial charge in [-0.1, -0.05) is 22.6 Å². The molecule has 2 fully saturated rings. The van der Waals surface area contributed by atoms with Gasteiger partial charge < -0.3 is 9.64 Å². The summed E-state index contributed by atoms with van der Waals surface area (Å²) in [6.45, 7) is 2.43. The molecule has 0 aromatic carbocycles. The normalized spacial score (nSPS) is 33.5. The van der Waals surface area contributed by atoms with Gasteiger partial charge in [0.2, 0.25) is 0 Å². The molecule has 3 nitrogen and oxygen atoms in total. The summed E-state index contributed by atoms with van der Waals surface area (Å²) in [4.78, 5) is 13.8. The van der Waals surface area contributed by atoms with Gasteiger partial charge in [-0.15, -0.1) is 0 Å². The molecule has 1 saturated carbocycles. The largest absolute Gasteiger partial charge is 0.469 e. The molecule has 0 radical (unpaired) electrons. The first kappa shape index (κ1) is 11.6. The van der Waals surface area contributed by atoms with Crippen molar-refractivity contribution in [2.75, 3.05) is 20.2 Å². The lowest BCUT2D eigenvalue weighted by Crippen LogP contribution is -2.50. The highest BCUT2D eigenvalue weighted by molar-refractivity contribution is 14.1. The van der Waals surface area contributed by atoms with Crippen molar-refractivity contribution < 1.29 is 9.53 Å². The lowest BCUT2D eigenvalue weighted by Gasteiger charge is -2.44. The van der Waals surface area contributed by atoms with E-state index in [1.165, 1.54) is 33.0 Å². The van der Waals surface area contributed by atoms with Crippen molar-refractivity contribution in [2.24, 2.45) is 5.92 Å². The van der Waals surface area contributed by atoms with Gasteiger partial charge in [0.15, 0.2) is 0 Å². The van der Waals surface area contributed by atoms with E-state index in [2.05, 4.69) is 27.5 Å². The van der Waals surface area contributed by atoms with Gasteiger partial charge in [-0.2, -0.15) is 0 Å². The molecule has 1 saturated heterocycles. The molecule has 2 rings (SSSR count). The Morgan fingerprint density at radius 1 is 1.33 bits per heavy atom. The average molecular weight is 323 g/mol. The van der Waals surface area contributed by atoms with Crippen LogP contribution in [0.2, 0.25) is 0 Å². The quantitative estimate of drug-likeness (QED) is 0.441. The molecule has 0 aromatic heterocycles. The van der Waals surface area contributed by atoms with Gasteiger partial charge in [-0.3, -0.25) is 4.79 Å². The lowest BCUT2D eigenvalue weighted by molar-refractivity contribution is -0.151. The summed E-state index contributed by atoms with van der Waals surface area (Å²) < 4.78 is 5.60. The molecule has 0 unspecified atom stereocenters. The molecule has 0 N–H and O–H groups in total. The second-order valence-electron chi connectivity index (χ2n) is 4.56. The van der Waals surface area contributed by atoms with Crippen LogP contribution >= 0.6 is 22.6 Å². The zero-order valence-corrected chi connectivity index (χ0v) is 11.3. The lowest BCUT2D eigenvalue weighted by atomic mass is 9.79. The van der Waals surface area contributed by atoms with Crippen LogP contribution in [0, 0.1) is 5.92 Å². The Labute approximate surface area is 105 Å². The van der Waals surface area contributed by atoms with Crippen LogP contribution in [0.1, 0.15) is 25.7 Å². The number of likely N-dealkylation sites (tertiary alicyclic amines) is 1. The molecule has 2 aliphatic rings. The number of carbonyl (C=O) groups is 1. The molecule has 86 valence electrons. The summed E-state index contributed by atoms with van der Waals surface area (Å²) in [5.74, 6) is 0.160. The van der Waals surface area contributed by atoms with Crippen LogP contribution < -0.4 is 0 Å². The van der Waals surface area contributed by atoms with E-state index in [9.17, 15) is 4.79 Å². The number of rotatable bonds is 2. The van der Waals surface area contributed by atoms with Crippen molar-refractivity contribution in [1.29, 1.82) is 0 Å². The van der Waals surface area contributed by atoms with Crippen molar-refractivity contribution in [1.82, 2.24) is 4.90 Å². The third-order valence-electron chi connectivity index (χ3n) is 3.62. The van der Waals surface area contributed by atoms with E-state index >= 15 is 0 Å². The molecular formula is C11H18INO2. The first-order valence-electron chi connectivity index (χ1n) is 5.66. The molecule has 1 aliphatic carbocycles. The van der Waals surface area contributed by atoms with Crippen LogP contribution in [-0.2, 0) is 9.53 Å². The van der Waals surface area contributed by atoms with E-state index in [0.29, 0.717) is 6.04 Å². The molecule has 0 aromatic rings. The molecule has 15 heavy (non-hydrogen) atoms. The molecule has 1 aliphatic heterocycles. The fourth-order valence-corrected chi connectivity index (χ4v) is 3.04. The van der Waals surface area contributed by atoms with Crippen molar-refractivity contribution in [3.8, 4) is 0 Å². The van der Waals surface area contributed by atoms with E-state index in [1.54, 1.807) is 0 Å². The SMILES string of the molecule is COC(=O)C1CC(N2CCC(I)CC2)C1. The van der Waals surface area contributed by atoms with Gasteiger partial charge in [0.1, 0.15) is 0 Å². The molecule has 4 heteroatoms. The minimum absolute atomic E-state index is 0.0185. The maximum absolute atomic E-state index is 11.2. The van der Waals surface area contributed by atoms with Crippen LogP contribution in [-0.4, -0.2) is 41.0 Å². The van der Waals surface area contributed by atoms with Crippen LogP contribution in [0.4, 0.5) is 0 Å². The second-order valence-corrected chi connectivity index (χ2v) is 6.32. The maximum atomic E-state index is 11.2. The Bertz CT molecular complexity index is 233. The Balaban J connectivity index is 1.73. The van der Waals surface area contributed by atoms with Gasteiger partial charge in [-0.25, -0.2) is 0 Å². The average Bonchev–Trinajstić information content (AvgIpc) is 2.18. The van der Waals surface area contributed by atoms with Crippen molar-refractivity contribution in [3.63, 3.8) is 0 Å². The summed E-state index contributed by atoms with van der Waals surface area (Å²) in [5.41, 5.74) is 0. The number of halogens is 1. The van der Waals surface area contributed by atoms with Gasteiger partial charge >= 0.3 is 5.97 Å². The highest BCUT2D eigenvalue weighted by Crippen LogP contribution is 2.34. The molecule has 0 bridgehead atoms. The van der Waals surface area contributed by atoms with Crippen LogP contribution in [0.5, 0.6) is 0 Å². The Kier molecular flexibility index (Phi) is 3.88. The summed E-state index contributed by atoms with van der Waals surface area (Å²) in [6, 6.07) is 0.651. The monoisotopic (exact) mass is 323 g/mol. The van der Waals surface area contributed by atoms with Crippen molar-refractivity contribution in [2.45, 2.75) is 35.6 Å². The van der Waals surface area contributed by atoms with E-state index in [-0.39, 0.29) is 11.9 Å². The van der Waals surface area contributed by atoms with Gasteiger partial charge in [0, 0.05) is 9.97 Å². The van der Waals surface area contributed by atoms with Gasteiger partial charge in [0.05, 0.1) is 13.0 Å². The smallest absolute Gasteiger partial charge is 0.308 e. The third-order valence-corrected chi connectivity index (χ3v) is 4.87. The first-order chi connectivity index (χ1) is 7.20. The first-order valence-corrected chi connectivity index (χ1v) is 6.91. The topological polar surface area (TPSA) is 29.5 Å². The standard InChI is InChI=1S/C11H18INO2/c1-15-11(14)8-6-10(7-8)13-4-2-9(12)3-5-13/h8-10H,2-7H2,1H3. The maximum Gasteiger partial charge on any atom is 0.308 e. The second kappa shape index (κ2) is 4.99. The van der Waals surface area contributed by atoms with Gasteiger partial charge in [-0.05, 0) is 38.8 Å². The van der Waals surface area contributed by atoms with E-state index < -0.39 is 0 Å². The summed E-state index contributed by atoms with van der Waals surface area (Å²) in [6.07, 6.45) is 4.64. The van der Waals surface area contributed by atoms with Crippen LogP contribution in [0.15, 0.2) is 0 Å². The predicted molar refractivity (Wildman–Crippen MR) is 67.1 cm³/mol. The molecule has 0 atom stereocenters. The highest BCUT2D eigenvalue weighted by Gasteiger charge is 2.39. The van der Waals surface area contributed by atoms with Crippen molar-refractivity contribution in [3.05, 3.63) is 0 Å². The number of methoxy groups -OCH3 is 1. The Morgan fingerprint density at radius 2 is 1.93 bits per heavy atom. The molecule has 0 spiro atoms.